The number of nitriles is 1. The molecule has 3 rings (SSSR count). The van der Waals surface area contributed by atoms with Crippen molar-refractivity contribution in [1.29, 1.82) is 5.26 Å². The summed E-state index contributed by atoms with van der Waals surface area (Å²) in [7, 11) is 0. The molecule has 0 spiro atoms. The fourth-order valence-corrected chi connectivity index (χ4v) is 3.78. The Morgan fingerprint density at radius 1 is 1.06 bits per heavy atom. The van der Waals surface area contributed by atoms with E-state index in [4.69, 9.17) is 4.74 Å². The molecule has 0 aliphatic rings. The molecule has 3 aromatic carbocycles. The van der Waals surface area contributed by atoms with Gasteiger partial charge < -0.3 is 10.1 Å². The highest BCUT2D eigenvalue weighted by atomic mass is 127. The van der Waals surface area contributed by atoms with Crippen molar-refractivity contribution in [3.05, 3.63) is 103 Å². The van der Waals surface area contributed by atoms with Crippen molar-refractivity contribution >= 4 is 50.5 Å². The van der Waals surface area contributed by atoms with E-state index >= 15 is 0 Å². The first-order valence-electron chi connectivity index (χ1n) is 10.2. The van der Waals surface area contributed by atoms with Crippen LogP contribution in [0.25, 0.3) is 6.08 Å². The lowest BCUT2D eigenvalue weighted by atomic mass is 10.1. The Labute approximate surface area is 210 Å². The quantitative estimate of drug-likeness (QED) is 0.136. The van der Waals surface area contributed by atoms with E-state index in [0.717, 1.165) is 26.4 Å². The zero-order valence-corrected chi connectivity index (χ0v) is 21.1. The fraction of sp³-hybridized carbons (Fsp3) is 0.154. The molecule has 0 aliphatic carbocycles. The third-order valence-corrected chi connectivity index (χ3v) is 5.93. The molecular formula is C26H22BrIN2O2. The van der Waals surface area contributed by atoms with Crippen molar-refractivity contribution in [3.63, 3.8) is 0 Å². The van der Waals surface area contributed by atoms with Crippen molar-refractivity contribution in [2.24, 2.45) is 0 Å². The zero-order valence-electron chi connectivity index (χ0n) is 17.4. The van der Waals surface area contributed by atoms with E-state index in [9.17, 15) is 10.1 Å². The minimum absolute atomic E-state index is 0.0434. The van der Waals surface area contributed by atoms with Crippen LogP contribution in [0.5, 0.6) is 5.75 Å². The Kier molecular flexibility index (Phi) is 9.32. The molecular weight excluding hydrogens is 579 g/mol. The van der Waals surface area contributed by atoms with Crippen LogP contribution in [0.1, 0.15) is 23.1 Å². The van der Waals surface area contributed by atoms with E-state index in [0.29, 0.717) is 24.5 Å². The van der Waals surface area contributed by atoms with Crippen molar-refractivity contribution in [1.82, 2.24) is 5.32 Å². The molecule has 32 heavy (non-hydrogen) atoms. The summed E-state index contributed by atoms with van der Waals surface area (Å²) in [5.74, 6) is 0.223. The Balaban J connectivity index is 1.64. The first kappa shape index (κ1) is 24.0. The van der Waals surface area contributed by atoms with E-state index < -0.39 is 0 Å². The summed E-state index contributed by atoms with van der Waals surface area (Å²) in [6.07, 6.45) is 3.24. The summed E-state index contributed by atoms with van der Waals surface area (Å²) in [6, 6.07) is 25.7. The lowest BCUT2D eigenvalue weighted by molar-refractivity contribution is -0.117. The van der Waals surface area contributed by atoms with E-state index in [1.165, 1.54) is 5.56 Å². The standard InChI is InChI=1S/C26H22BrIN2O2/c27-23-10-13-25(32-18-20-8-11-24(28)12-9-20)21(16-23)15-22(17-29)26(31)30-14-4-7-19-5-2-1-3-6-19/h1-3,5-6,8-13,15-16H,4,7,14,18H2,(H,30,31)/b22-15-. The van der Waals surface area contributed by atoms with Crippen molar-refractivity contribution in [2.45, 2.75) is 19.4 Å². The number of nitrogens with zero attached hydrogens (tertiary/aromatic N) is 1. The van der Waals surface area contributed by atoms with Gasteiger partial charge in [0.1, 0.15) is 24.0 Å². The first-order valence-corrected chi connectivity index (χ1v) is 12.0. The molecule has 0 fully saturated rings. The van der Waals surface area contributed by atoms with Crippen LogP contribution in [0, 0.1) is 14.9 Å². The van der Waals surface area contributed by atoms with Gasteiger partial charge in [0.15, 0.2) is 0 Å². The van der Waals surface area contributed by atoms with Gasteiger partial charge in [-0.05, 0) is 83.0 Å². The predicted molar refractivity (Wildman–Crippen MR) is 139 cm³/mol. The fourth-order valence-electron chi connectivity index (χ4n) is 3.04. The van der Waals surface area contributed by atoms with Crippen molar-refractivity contribution in [3.8, 4) is 11.8 Å². The number of halogens is 2. The molecule has 6 heteroatoms. The number of nitrogens with one attached hydrogen (secondary N) is 1. The molecule has 162 valence electrons. The summed E-state index contributed by atoms with van der Waals surface area (Å²) < 4.78 is 7.98. The van der Waals surface area contributed by atoms with Gasteiger partial charge in [-0.3, -0.25) is 4.79 Å². The van der Waals surface area contributed by atoms with E-state index in [1.54, 1.807) is 6.08 Å². The van der Waals surface area contributed by atoms with Gasteiger partial charge in [-0.25, -0.2) is 0 Å². The van der Waals surface area contributed by atoms with Crippen LogP contribution in [0.3, 0.4) is 0 Å². The van der Waals surface area contributed by atoms with Gasteiger partial charge in [-0.1, -0.05) is 58.4 Å². The SMILES string of the molecule is N#C/C(=C/c1cc(Br)ccc1OCc1ccc(I)cc1)C(=O)NCCCc1ccccc1. The molecule has 0 bridgehead atoms. The first-order chi connectivity index (χ1) is 15.5. The molecule has 1 amide bonds. The topological polar surface area (TPSA) is 62.1 Å². The molecule has 0 saturated carbocycles. The van der Waals surface area contributed by atoms with Gasteiger partial charge in [0, 0.05) is 20.2 Å². The molecule has 0 heterocycles. The maximum absolute atomic E-state index is 12.5. The third-order valence-electron chi connectivity index (χ3n) is 4.71. The van der Waals surface area contributed by atoms with E-state index in [-0.39, 0.29) is 11.5 Å². The highest BCUT2D eigenvalue weighted by molar-refractivity contribution is 14.1. The molecule has 1 N–H and O–H groups in total. The average molecular weight is 601 g/mol. The maximum atomic E-state index is 12.5. The number of aryl methyl sites for hydroxylation is 1. The number of carbonyl (C=O) groups is 1. The van der Waals surface area contributed by atoms with Gasteiger partial charge in [0.2, 0.25) is 0 Å². The van der Waals surface area contributed by atoms with E-state index in [2.05, 4.69) is 56.0 Å². The molecule has 4 nitrogen and oxygen atoms in total. The number of hydrogen-bond acceptors (Lipinski definition) is 3. The second-order valence-corrected chi connectivity index (χ2v) is 9.27. The molecule has 0 aliphatic heterocycles. The molecule has 0 saturated heterocycles. The number of ether oxygens (including phenoxy) is 1. The second-order valence-electron chi connectivity index (χ2n) is 7.11. The summed E-state index contributed by atoms with van der Waals surface area (Å²) in [4.78, 5) is 12.5. The summed E-state index contributed by atoms with van der Waals surface area (Å²) >= 11 is 5.71. The lowest BCUT2D eigenvalue weighted by Gasteiger charge is -2.11. The van der Waals surface area contributed by atoms with Crippen LogP contribution < -0.4 is 10.1 Å². The van der Waals surface area contributed by atoms with E-state index in [1.807, 2.05) is 66.7 Å². The number of amides is 1. The largest absolute Gasteiger partial charge is 0.488 e. The summed E-state index contributed by atoms with van der Waals surface area (Å²) in [5.41, 5.74) is 2.98. The number of rotatable bonds is 9. The van der Waals surface area contributed by atoms with Gasteiger partial charge >= 0.3 is 0 Å². The van der Waals surface area contributed by atoms with Gasteiger partial charge in [0.05, 0.1) is 0 Å². The van der Waals surface area contributed by atoms with Crippen molar-refractivity contribution < 1.29 is 9.53 Å². The minimum atomic E-state index is -0.385. The van der Waals surface area contributed by atoms with Crippen LogP contribution in [-0.4, -0.2) is 12.5 Å². The summed E-state index contributed by atoms with van der Waals surface area (Å²) in [5, 5.41) is 12.4. The molecule has 0 atom stereocenters. The highest BCUT2D eigenvalue weighted by Crippen LogP contribution is 2.26. The normalized spacial score (nSPS) is 11.0. The van der Waals surface area contributed by atoms with Gasteiger partial charge in [-0.15, -0.1) is 0 Å². The van der Waals surface area contributed by atoms with Crippen LogP contribution in [0.2, 0.25) is 0 Å². The number of benzene rings is 3. The molecule has 0 aromatic heterocycles. The Bertz CT molecular complexity index is 1120. The van der Waals surface area contributed by atoms with Crippen LogP contribution >= 0.6 is 38.5 Å². The van der Waals surface area contributed by atoms with Gasteiger partial charge in [0.25, 0.3) is 5.91 Å². The zero-order chi connectivity index (χ0) is 22.8. The van der Waals surface area contributed by atoms with Crippen LogP contribution in [-0.2, 0) is 17.8 Å². The average Bonchev–Trinajstić information content (AvgIpc) is 2.81. The highest BCUT2D eigenvalue weighted by Gasteiger charge is 2.11. The predicted octanol–water partition coefficient (Wildman–Crippen LogP) is 6.29. The van der Waals surface area contributed by atoms with Crippen molar-refractivity contribution in [2.75, 3.05) is 6.54 Å². The maximum Gasteiger partial charge on any atom is 0.261 e. The molecule has 3 aromatic rings. The molecule has 0 radical (unpaired) electrons. The van der Waals surface area contributed by atoms with Crippen LogP contribution in [0.4, 0.5) is 0 Å². The van der Waals surface area contributed by atoms with Gasteiger partial charge in [-0.2, -0.15) is 5.26 Å². The molecule has 0 unspecified atom stereocenters. The van der Waals surface area contributed by atoms with Crippen LogP contribution in [0.15, 0.2) is 82.8 Å². The Hall–Kier alpha value is -2.63. The smallest absolute Gasteiger partial charge is 0.261 e. The second kappa shape index (κ2) is 12.4. The lowest BCUT2D eigenvalue weighted by Crippen LogP contribution is -2.25. The monoisotopic (exact) mass is 600 g/mol. The minimum Gasteiger partial charge on any atom is -0.488 e. The Morgan fingerprint density at radius 3 is 2.53 bits per heavy atom. The number of hydrogen-bond donors (Lipinski definition) is 1. The number of carbonyl (C=O) groups excluding carboxylic acids is 1. The third kappa shape index (κ3) is 7.50. The summed E-state index contributed by atoms with van der Waals surface area (Å²) in [6.45, 7) is 0.897. The Morgan fingerprint density at radius 2 is 1.81 bits per heavy atom.